The number of nitrogens with zero attached hydrogens (tertiary/aromatic N) is 1. The Morgan fingerprint density at radius 1 is 1.37 bits per heavy atom. The average Bonchev–Trinajstić information content (AvgIpc) is 2.94. The number of nitrogens with one attached hydrogen (secondary N) is 1. The number of nitrogens with two attached hydrogens (primary N) is 1. The molecule has 2 unspecified atom stereocenters. The molecule has 0 spiro atoms. The minimum absolute atomic E-state index is 0.297. The first-order chi connectivity index (χ1) is 9.15. The van der Waals surface area contributed by atoms with Crippen LogP contribution in [0.2, 0.25) is 0 Å². The number of carbonyl (C=O) groups is 1. The summed E-state index contributed by atoms with van der Waals surface area (Å²) in [5.74, 6) is -0.913. The summed E-state index contributed by atoms with van der Waals surface area (Å²) in [6, 6.07) is 5.80. The molecule has 3 rings (SSSR count). The van der Waals surface area contributed by atoms with Crippen molar-refractivity contribution in [3.63, 3.8) is 0 Å². The summed E-state index contributed by atoms with van der Waals surface area (Å²) >= 11 is 0. The van der Waals surface area contributed by atoms with Gasteiger partial charge in [0.25, 0.3) is 0 Å². The van der Waals surface area contributed by atoms with E-state index in [9.17, 15) is 9.90 Å². The zero-order valence-corrected chi connectivity index (χ0v) is 10.8. The Kier molecular flexibility index (Phi) is 3.06. The van der Waals surface area contributed by atoms with Crippen molar-refractivity contribution < 1.29 is 9.90 Å². The van der Waals surface area contributed by atoms with Crippen LogP contribution in [0.15, 0.2) is 18.2 Å². The van der Waals surface area contributed by atoms with Crippen LogP contribution in [0.3, 0.4) is 0 Å². The van der Waals surface area contributed by atoms with Crippen molar-refractivity contribution in [1.82, 2.24) is 4.90 Å². The quantitative estimate of drug-likeness (QED) is 0.721. The molecule has 2 aliphatic heterocycles. The predicted octanol–water partition coefficient (Wildman–Crippen LogP) is 1.62. The van der Waals surface area contributed by atoms with E-state index in [1.54, 1.807) is 18.2 Å². The number of rotatable bonds is 3. The molecule has 19 heavy (non-hydrogen) atoms. The second kappa shape index (κ2) is 4.74. The number of benzene rings is 1. The zero-order valence-electron chi connectivity index (χ0n) is 10.8. The molecule has 2 heterocycles. The van der Waals surface area contributed by atoms with Crippen LogP contribution < -0.4 is 11.1 Å². The Balaban J connectivity index is 1.83. The number of fused-ring (bicyclic) bond motifs is 1. The Morgan fingerprint density at radius 2 is 2.21 bits per heavy atom. The van der Waals surface area contributed by atoms with Gasteiger partial charge in [0.15, 0.2) is 0 Å². The highest BCUT2D eigenvalue weighted by Crippen LogP contribution is 2.31. The van der Waals surface area contributed by atoms with Crippen LogP contribution in [0.4, 0.5) is 11.4 Å². The highest BCUT2D eigenvalue weighted by atomic mass is 16.4. The lowest BCUT2D eigenvalue weighted by Gasteiger charge is -2.23. The SMILES string of the molecule is Nc1ccc(C(=O)O)c(NC2CCN3CCCC23)c1. The first-order valence-electron chi connectivity index (χ1n) is 6.78. The van der Waals surface area contributed by atoms with E-state index in [-0.39, 0.29) is 0 Å². The van der Waals surface area contributed by atoms with Gasteiger partial charge < -0.3 is 16.2 Å². The van der Waals surface area contributed by atoms with Gasteiger partial charge in [-0.05, 0) is 44.0 Å². The molecule has 2 fully saturated rings. The lowest BCUT2D eigenvalue weighted by atomic mass is 10.0. The third kappa shape index (κ3) is 2.26. The van der Waals surface area contributed by atoms with Gasteiger partial charge in [0.05, 0.1) is 11.3 Å². The number of carboxylic acids is 1. The highest BCUT2D eigenvalue weighted by molar-refractivity contribution is 5.95. The Morgan fingerprint density at radius 3 is 3.00 bits per heavy atom. The third-order valence-corrected chi connectivity index (χ3v) is 4.22. The summed E-state index contributed by atoms with van der Waals surface area (Å²) in [5, 5.41) is 12.6. The van der Waals surface area contributed by atoms with E-state index in [1.165, 1.54) is 19.4 Å². The maximum atomic E-state index is 11.2. The lowest BCUT2D eigenvalue weighted by Crippen LogP contribution is -2.34. The monoisotopic (exact) mass is 261 g/mol. The summed E-state index contributed by atoms with van der Waals surface area (Å²) in [6.07, 6.45) is 3.51. The molecule has 2 atom stereocenters. The van der Waals surface area contributed by atoms with Crippen molar-refractivity contribution in [2.45, 2.75) is 31.3 Å². The number of anilines is 2. The van der Waals surface area contributed by atoms with Gasteiger partial charge in [-0.15, -0.1) is 0 Å². The Labute approximate surface area is 112 Å². The van der Waals surface area contributed by atoms with Crippen molar-refractivity contribution >= 4 is 17.3 Å². The summed E-state index contributed by atoms with van der Waals surface area (Å²) in [5.41, 5.74) is 7.30. The molecule has 5 heteroatoms. The van der Waals surface area contributed by atoms with Gasteiger partial charge in [0.1, 0.15) is 0 Å². The smallest absolute Gasteiger partial charge is 0.337 e. The molecular formula is C14H19N3O2. The largest absolute Gasteiger partial charge is 0.478 e. The predicted molar refractivity (Wildman–Crippen MR) is 74.4 cm³/mol. The fourth-order valence-corrected chi connectivity index (χ4v) is 3.32. The molecular weight excluding hydrogens is 242 g/mol. The van der Waals surface area contributed by atoms with Crippen molar-refractivity contribution in [3.8, 4) is 0 Å². The molecule has 0 aromatic heterocycles. The van der Waals surface area contributed by atoms with Crippen LogP contribution in [0.25, 0.3) is 0 Å². The maximum absolute atomic E-state index is 11.2. The van der Waals surface area contributed by atoms with Gasteiger partial charge in [0.2, 0.25) is 0 Å². The molecule has 1 aromatic carbocycles. The van der Waals surface area contributed by atoms with E-state index >= 15 is 0 Å². The second-order valence-corrected chi connectivity index (χ2v) is 5.40. The number of aromatic carboxylic acids is 1. The number of hydrogen-bond acceptors (Lipinski definition) is 4. The zero-order chi connectivity index (χ0) is 13.4. The average molecular weight is 261 g/mol. The highest BCUT2D eigenvalue weighted by Gasteiger charge is 2.37. The third-order valence-electron chi connectivity index (χ3n) is 4.22. The minimum atomic E-state index is -0.913. The van der Waals surface area contributed by atoms with E-state index in [1.807, 2.05) is 0 Å². The number of carboxylic acid groups (broad SMARTS) is 1. The van der Waals surface area contributed by atoms with Crippen LogP contribution in [0.5, 0.6) is 0 Å². The molecule has 0 radical (unpaired) electrons. The number of nitrogen functional groups attached to an aromatic ring is 1. The van der Waals surface area contributed by atoms with Crippen molar-refractivity contribution in [2.24, 2.45) is 0 Å². The fourth-order valence-electron chi connectivity index (χ4n) is 3.32. The normalized spacial score (nSPS) is 26.3. The van der Waals surface area contributed by atoms with Gasteiger partial charge in [-0.3, -0.25) is 4.90 Å². The first kappa shape index (κ1) is 12.3. The van der Waals surface area contributed by atoms with Crippen molar-refractivity contribution in [2.75, 3.05) is 24.1 Å². The molecule has 0 amide bonds. The van der Waals surface area contributed by atoms with Crippen LogP contribution in [-0.2, 0) is 0 Å². The summed E-state index contributed by atoms with van der Waals surface area (Å²) in [7, 11) is 0. The topological polar surface area (TPSA) is 78.6 Å². The van der Waals surface area contributed by atoms with Crippen molar-refractivity contribution in [3.05, 3.63) is 23.8 Å². The molecule has 5 nitrogen and oxygen atoms in total. The number of hydrogen-bond donors (Lipinski definition) is 3. The minimum Gasteiger partial charge on any atom is -0.478 e. The molecule has 2 aliphatic rings. The van der Waals surface area contributed by atoms with Crippen LogP contribution in [0.1, 0.15) is 29.6 Å². The molecule has 0 saturated carbocycles. The first-order valence-corrected chi connectivity index (χ1v) is 6.78. The second-order valence-electron chi connectivity index (χ2n) is 5.40. The fraction of sp³-hybridized carbons (Fsp3) is 0.500. The van der Waals surface area contributed by atoms with Crippen LogP contribution in [-0.4, -0.2) is 41.1 Å². The molecule has 4 N–H and O–H groups in total. The van der Waals surface area contributed by atoms with E-state index < -0.39 is 5.97 Å². The van der Waals surface area contributed by atoms with Gasteiger partial charge in [-0.25, -0.2) is 4.79 Å². The standard InChI is InChI=1S/C14H19N3O2/c15-9-3-4-10(14(18)19)12(8-9)16-11-5-7-17-6-1-2-13(11)17/h3-4,8,11,13,16H,1-2,5-7,15H2,(H,18,19). The van der Waals surface area contributed by atoms with Crippen LogP contribution >= 0.6 is 0 Å². The van der Waals surface area contributed by atoms with Gasteiger partial charge in [0, 0.05) is 24.3 Å². The van der Waals surface area contributed by atoms with Gasteiger partial charge >= 0.3 is 5.97 Å². The van der Waals surface area contributed by atoms with E-state index in [0.29, 0.717) is 29.0 Å². The molecule has 2 saturated heterocycles. The van der Waals surface area contributed by atoms with Crippen molar-refractivity contribution in [1.29, 1.82) is 0 Å². The maximum Gasteiger partial charge on any atom is 0.337 e. The van der Waals surface area contributed by atoms with Gasteiger partial charge in [-0.2, -0.15) is 0 Å². The Hall–Kier alpha value is -1.75. The summed E-state index contributed by atoms with van der Waals surface area (Å²) in [4.78, 5) is 13.7. The summed E-state index contributed by atoms with van der Waals surface area (Å²) < 4.78 is 0. The molecule has 0 aliphatic carbocycles. The molecule has 102 valence electrons. The lowest BCUT2D eigenvalue weighted by molar-refractivity contribution is 0.0698. The van der Waals surface area contributed by atoms with E-state index in [2.05, 4.69) is 10.2 Å². The van der Waals surface area contributed by atoms with Crippen LogP contribution in [0, 0.1) is 0 Å². The van der Waals surface area contributed by atoms with E-state index in [4.69, 9.17) is 5.73 Å². The molecule has 1 aromatic rings. The summed E-state index contributed by atoms with van der Waals surface area (Å²) in [6.45, 7) is 2.28. The van der Waals surface area contributed by atoms with E-state index in [0.717, 1.165) is 13.0 Å². The Bertz CT molecular complexity index is 503. The van der Waals surface area contributed by atoms with Gasteiger partial charge in [-0.1, -0.05) is 0 Å². The molecule has 0 bridgehead atoms.